The maximum atomic E-state index is 13.3. The molecule has 1 amide bonds. The van der Waals surface area contributed by atoms with Gasteiger partial charge < -0.3 is 14.6 Å². The number of nitrogens with zero attached hydrogens (tertiary/aromatic N) is 5. The summed E-state index contributed by atoms with van der Waals surface area (Å²) in [7, 11) is 1.62. The van der Waals surface area contributed by atoms with E-state index in [1.165, 1.54) is 6.42 Å². The molecule has 0 saturated heterocycles. The first-order valence-electron chi connectivity index (χ1n) is 11.2. The molecule has 0 atom stereocenters. The summed E-state index contributed by atoms with van der Waals surface area (Å²) in [5, 5.41) is 16.4. The van der Waals surface area contributed by atoms with Gasteiger partial charge >= 0.3 is 0 Å². The van der Waals surface area contributed by atoms with E-state index in [0.717, 1.165) is 48.7 Å². The highest BCUT2D eigenvalue weighted by atomic mass is 16.5. The van der Waals surface area contributed by atoms with Crippen LogP contribution in [0.15, 0.2) is 60.8 Å². The van der Waals surface area contributed by atoms with Crippen molar-refractivity contribution in [2.45, 2.75) is 38.8 Å². The fraction of sp³-hybridized carbons (Fsp3) is 0.280. The lowest BCUT2D eigenvalue weighted by molar-refractivity contribution is 0.0950. The number of aromatic nitrogens is 5. The molecule has 0 radical (unpaired) electrons. The fourth-order valence-corrected chi connectivity index (χ4v) is 4.17. The average Bonchev–Trinajstić information content (AvgIpc) is 3.40. The number of aryl methyl sites for hydroxylation is 1. The van der Waals surface area contributed by atoms with Crippen LogP contribution in [0.25, 0.3) is 16.9 Å². The van der Waals surface area contributed by atoms with E-state index in [1.807, 2.05) is 54.6 Å². The molecular weight excluding hydrogens is 416 g/mol. The Balaban J connectivity index is 1.45. The van der Waals surface area contributed by atoms with Gasteiger partial charge in [-0.15, -0.1) is 10.2 Å². The second-order valence-corrected chi connectivity index (χ2v) is 8.08. The third-order valence-corrected chi connectivity index (χ3v) is 5.92. The first kappa shape index (κ1) is 20.9. The number of para-hydroxylation sites is 1. The Morgan fingerprint density at radius 3 is 2.79 bits per heavy atom. The molecule has 0 unspecified atom stereocenters. The van der Waals surface area contributed by atoms with Gasteiger partial charge in [0.2, 0.25) is 0 Å². The molecule has 3 heterocycles. The number of methoxy groups -OCH3 is 1. The number of ether oxygens (including phenoxy) is 1. The standard InChI is InChI=1S/C25H26N6O2/c1-33-20-12-8-9-18(15-20)24-21(17-31(29-24)19-10-4-2-5-11-19)25(32)26-16-23-28-27-22-13-6-3-7-14-30(22)23/h2,4-5,8-12,15,17H,3,6-7,13-14,16H2,1H3,(H,26,32). The predicted molar refractivity (Wildman–Crippen MR) is 124 cm³/mol. The van der Waals surface area contributed by atoms with Crippen LogP contribution in [-0.2, 0) is 19.5 Å². The Labute approximate surface area is 192 Å². The molecule has 2 aromatic heterocycles. The van der Waals surface area contributed by atoms with E-state index >= 15 is 0 Å². The first-order chi connectivity index (χ1) is 16.2. The maximum Gasteiger partial charge on any atom is 0.255 e. The Morgan fingerprint density at radius 2 is 1.94 bits per heavy atom. The highest BCUT2D eigenvalue weighted by Crippen LogP contribution is 2.27. The van der Waals surface area contributed by atoms with E-state index in [9.17, 15) is 4.79 Å². The summed E-state index contributed by atoms with van der Waals surface area (Å²) in [6.45, 7) is 1.22. The van der Waals surface area contributed by atoms with Crippen LogP contribution in [-0.4, -0.2) is 37.6 Å². The molecule has 1 N–H and O–H groups in total. The van der Waals surface area contributed by atoms with Crippen molar-refractivity contribution in [3.8, 4) is 22.7 Å². The highest BCUT2D eigenvalue weighted by Gasteiger charge is 2.21. The van der Waals surface area contributed by atoms with Crippen LogP contribution >= 0.6 is 0 Å². The minimum atomic E-state index is -0.207. The number of rotatable bonds is 6. The van der Waals surface area contributed by atoms with Crippen LogP contribution in [0.2, 0.25) is 0 Å². The Hall–Kier alpha value is -3.94. The van der Waals surface area contributed by atoms with Gasteiger partial charge in [-0.2, -0.15) is 5.10 Å². The largest absolute Gasteiger partial charge is 0.497 e. The topological polar surface area (TPSA) is 86.9 Å². The lowest BCUT2D eigenvalue weighted by Gasteiger charge is -2.08. The van der Waals surface area contributed by atoms with Crippen LogP contribution in [0.4, 0.5) is 0 Å². The van der Waals surface area contributed by atoms with Gasteiger partial charge in [0, 0.05) is 24.7 Å². The molecule has 5 rings (SSSR count). The first-order valence-corrected chi connectivity index (χ1v) is 11.2. The third-order valence-electron chi connectivity index (χ3n) is 5.92. The zero-order chi connectivity index (χ0) is 22.6. The molecule has 33 heavy (non-hydrogen) atoms. The Morgan fingerprint density at radius 1 is 1.06 bits per heavy atom. The normalized spacial score (nSPS) is 13.2. The van der Waals surface area contributed by atoms with Crippen molar-refractivity contribution in [2.75, 3.05) is 7.11 Å². The van der Waals surface area contributed by atoms with Gasteiger partial charge in [-0.3, -0.25) is 4.79 Å². The van der Waals surface area contributed by atoms with Crippen molar-refractivity contribution >= 4 is 5.91 Å². The van der Waals surface area contributed by atoms with Crippen LogP contribution in [0.3, 0.4) is 0 Å². The van der Waals surface area contributed by atoms with Crippen LogP contribution in [0, 0.1) is 0 Å². The summed E-state index contributed by atoms with van der Waals surface area (Å²) in [6, 6.07) is 17.3. The van der Waals surface area contributed by atoms with Crippen LogP contribution in [0.1, 0.15) is 41.3 Å². The van der Waals surface area contributed by atoms with Crippen molar-refractivity contribution in [3.63, 3.8) is 0 Å². The molecular formula is C25H26N6O2. The van der Waals surface area contributed by atoms with Gasteiger partial charge in [-0.05, 0) is 37.1 Å². The molecule has 0 saturated carbocycles. The number of nitrogens with one attached hydrogen (secondary N) is 1. The van der Waals surface area contributed by atoms with Gasteiger partial charge in [0.15, 0.2) is 5.82 Å². The van der Waals surface area contributed by atoms with E-state index < -0.39 is 0 Å². The highest BCUT2D eigenvalue weighted by molar-refractivity contribution is 6.00. The van der Waals surface area contributed by atoms with E-state index in [1.54, 1.807) is 18.0 Å². The second-order valence-electron chi connectivity index (χ2n) is 8.08. The lowest BCUT2D eigenvalue weighted by Crippen LogP contribution is -2.25. The summed E-state index contributed by atoms with van der Waals surface area (Å²) in [5.41, 5.74) is 2.77. The molecule has 2 aromatic carbocycles. The fourth-order valence-electron chi connectivity index (χ4n) is 4.17. The molecule has 0 fully saturated rings. The number of carbonyl (C=O) groups excluding carboxylic acids is 1. The Bertz CT molecular complexity index is 1260. The quantitative estimate of drug-likeness (QED) is 0.491. The molecule has 0 bridgehead atoms. The zero-order valence-electron chi connectivity index (χ0n) is 18.6. The molecule has 8 heteroatoms. The average molecular weight is 443 g/mol. The summed E-state index contributed by atoms with van der Waals surface area (Å²) in [6.07, 6.45) is 6.13. The van der Waals surface area contributed by atoms with Gasteiger partial charge in [0.25, 0.3) is 5.91 Å². The zero-order valence-corrected chi connectivity index (χ0v) is 18.6. The van der Waals surface area contributed by atoms with Gasteiger partial charge in [-0.25, -0.2) is 4.68 Å². The molecule has 1 aliphatic heterocycles. The molecule has 8 nitrogen and oxygen atoms in total. The van der Waals surface area contributed by atoms with E-state index in [0.29, 0.717) is 23.6 Å². The molecule has 0 spiro atoms. The van der Waals surface area contributed by atoms with Crippen LogP contribution < -0.4 is 10.1 Å². The summed E-state index contributed by atoms with van der Waals surface area (Å²) in [5.74, 6) is 2.30. The lowest BCUT2D eigenvalue weighted by atomic mass is 10.1. The molecule has 4 aromatic rings. The number of fused-ring (bicyclic) bond motifs is 1. The molecule has 1 aliphatic rings. The van der Waals surface area contributed by atoms with Gasteiger partial charge in [0.1, 0.15) is 17.3 Å². The predicted octanol–water partition coefficient (Wildman–Crippen LogP) is 3.80. The SMILES string of the molecule is COc1cccc(-c2nn(-c3ccccc3)cc2C(=O)NCc2nnc3n2CCCCC3)c1. The number of hydrogen-bond acceptors (Lipinski definition) is 5. The smallest absolute Gasteiger partial charge is 0.255 e. The number of carbonyl (C=O) groups is 1. The van der Waals surface area contributed by atoms with Crippen molar-refractivity contribution in [2.24, 2.45) is 0 Å². The number of amides is 1. The van der Waals surface area contributed by atoms with Crippen molar-refractivity contribution in [3.05, 3.63) is 78.0 Å². The second kappa shape index (κ2) is 9.28. The number of hydrogen-bond donors (Lipinski definition) is 1. The van der Waals surface area contributed by atoms with Crippen molar-refractivity contribution in [1.29, 1.82) is 0 Å². The Kier molecular flexibility index (Phi) is 5.89. The van der Waals surface area contributed by atoms with Crippen molar-refractivity contribution < 1.29 is 9.53 Å². The van der Waals surface area contributed by atoms with E-state index in [4.69, 9.17) is 9.84 Å². The minimum Gasteiger partial charge on any atom is -0.497 e. The minimum absolute atomic E-state index is 0.207. The van der Waals surface area contributed by atoms with Crippen molar-refractivity contribution in [1.82, 2.24) is 29.9 Å². The molecule has 0 aliphatic carbocycles. The summed E-state index contributed by atoms with van der Waals surface area (Å²) in [4.78, 5) is 13.3. The monoisotopic (exact) mass is 442 g/mol. The summed E-state index contributed by atoms with van der Waals surface area (Å²) >= 11 is 0. The third kappa shape index (κ3) is 4.37. The maximum absolute atomic E-state index is 13.3. The van der Waals surface area contributed by atoms with Gasteiger partial charge in [-0.1, -0.05) is 36.8 Å². The van der Waals surface area contributed by atoms with Crippen LogP contribution in [0.5, 0.6) is 5.75 Å². The van der Waals surface area contributed by atoms with E-state index in [-0.39, 0.29) is 5.91 Å². The summed E-state index contributed by atoms with van der Waals surface area (Å²) < 4.78 is 9.25. The molecule has 168 valence electrons. The van der Waals surface area contributed by atoms with E-state index in [2.05, 4.69) is 20.1 Å². The van der Waals surface area contributed by atoms with Gasteiger partial charge in [0.05, 0.1) is 24.9 Å². The number of benzene rings is 2.